The number of ether oxygens (including phenoxy) is 2. The Morgan fingerprint density at radius 3 is 2.33 bits per heavy atom. The lowest BCUT2D eigenvalue weighted by atomic mass is 9.57. The monoisotopic (exact) mass is 478 g/mol. The summed E-state index contributed by atoms with van der Waals surface area (Å²) in [4.78, 5) is 0. The molecule has 2 aromatic rings. The topological polar surface area (TPSA) is 116 Å². The van der Waals surface area contributed by atoms with Crippen molar-refractivity contribution in [3.05, 3.63) is 81.1 Å². The Bertz CT molecular complexity index is 1360. The van der Waals surface area contributed by atoms with E-state index in [1.165, 1.54) is 16.7 Å². The summed E-state index contributed by atoms with van der Waals surface area (Å²) in [6.45, 7) is 6.63. The van der Waals surface area contributed by atoms with Crippen LogP contribution in [-0.4, -0.2) is 7.11 Å². The van der Waals surface area contributed by atoms with Gasteiger partial charge in [-0.2, -0.15) is 15.8 Å². The van der Waals surface area contributed by atoms with Crippen molar-refractivity contribution >= 4 is 0 Å². The van der Waals surface area contributed by atoms with Crippen LogP contribution in [0.2, 0.25) is 0 Å². The SMILES string of the molecule is COc1cc([C@H]2[C@H]3CCCC=C3C(C#N)=C(N)C2(C#N)C#N)ccc1OCc1c(C)cc(C)cc1C. The molecule has 0 aliphatic heterocycles. The van der Waals surface area contributed by atoms with E-state index in [1.54, 1.807) is 7.11 Å². The molecule has 0 bridgehead atoms. The number of aryl methyl sites for hydroxylation is 3. The molecule has 2 aliphatic carbocycles. The van der Waals surface area contributed by atoms with Gasteiger partial charge in [0, 0.05) is 5.92 Å². The van der Waals surface area contributed by atoms with Crippen LogP contribution in [0.15, 0.2) is 53.3 Å². The maximum atomic E-state index is 10.2. The number of nitrogens with two attached hydrogens (primary N) is 1. The number of nitrogens with zero attached hydrogens (tertiary/aromatic N) is 3. The third-order valence-corrected chi connectivity index (χ3v) is 7.56. The van der Waals surface area contributed by atoms with Gasteiger partial charge in [0.1, 0.15) is 12.7 Å². The maximum Gasteiger partial charge on any atom is 0.191 e. The van der Waals surface area contributed by atoms with Crippen LogP contribution in [0.4, 0.5) is 0 Å². The summed E-state index contributed by atoms with van der Waals surface area (Å²) >= 11 is 0. The molecular formula is C30H30N4O2. The average Bonchev–Trinajstić information content (AvgIpc) is 2.87. The third kappa shape index (κ3) is 3.98. The number of benzene rings is 2. The average molecular weight is 479 g/mol. The lowest BCUT2D eigenvalue weighted by molar-refractivity contribution is 0.281. The molecule has 0 saturated carbocycles. The molecule has 0 heterocycles. The van der Waals surface area contributed by atoms with E-state index in [9.17, 15) is 15.8 Å². The lowest BCUT2D eigenvalue weighted by Gasteiger charge is -2.43. The highest BCUT2D eigenvalue weighted by atomic mass is 16.5. The van der Waals surface area contributed by atoms with E-state index in [1.807, 2.05) is 24.3 Å². The fourth-order valence-corrected chi connectivity index (χ4v) is 5.83. The van der Waals surface area contributed by atoms with Crippen LogP contribution in [-0.2, 0) is 6.61 Å². The zero-order valence-corrected chi connectivity index (χ0v) is 21.2. The molecule has 2 aliphatic rings. The second kappa shape index (κ2) is 9.80. The summed E-state index contributed by atoms with van der Waals surface area (Å²) < 4.78 is 11.9. The fraction of sp³-hybridized carbons (Fsp3) is 0.367. The van der Waals surface area contributed by atoms with Crippen LogP contribution >= 0.6 is 0 Å². The van der Waals surface area contributed by atoms with Crippen LogP contribution in [0.1, 0.15) is 53.0 Å². The molecule has 0 unspecified atom stereocenters. The highest BCUT2D eigenvalue weighted by Gasteiger charge is 2.53. The normalized spacial score (nSPS) is 20.3. The van der Waals surface area contributed by atoms with Crippen LogP contribution < -0.4 is 15.2 Å². The maximum absolute atomic E-state index is 10.2. The zero-order chi connectivity index (χ0) is 26.0. The van der Waals surface area contributed by atoms with Crippen molar-refractivity contribution in [1.29, 1.82) is 15.8 Å². The van der Waals surface area contributed by atoms with Crippen molar-refractivity contribution in [3.8, 4) is 29.7 Å². The van der Waals surface area contributed by atoms with Gasteiger partial charge in [0.05, 0.1) is 30.5 Å². The van der Waals surface area contributed by atoms with Gasteiger partial charge in [-0.1, -0.05) is 29.8 Å². The van der Waals surface area contributed by atoms with Gasteiger partial charge < -0.3 is 15.2 Å². The van der Waals surface area contributed by atoms with Gasteiger partial charge in [-0.05, 0) is 85.9 Å². The Morgan fingerprint density at radius 2 is 1.72 bits per heavy atom. The Hall–Kier alpha value is -4.21. The molecular weight excluding hydrogens is 448 g/mol. The summed E-state index contributed by atoms with van der Waals surface area (Å²) in [6, 6.07) is 16.4. The van der Waals surface area contributed by atoms with E-state index < -0.39 is 11.3 Å². The van der Waals surface area contributed by atoms with Gasteiger partial charge in [-0.25, -0.2) is 0 Å². The zero-order valence-electron chi connectivity index (χ0n) is 21.2. The predicted octanol–water partition coefficient (Wildman–Crippen LogP) is 5.79. The molecule has 36 heavy (non-hydrogen) atoms. The molecule has 6 nitrogen and oxygen atoms in total. The molecule has 0 spiro atoms. The summed E-state index contributed by atoms with van der Waals surface area (Å²) in [5.74, 6) is 0.418. The van der Waals surface area contributed by atoms with Gasteiger partial charge in [0.25, 0.3) is 0 Å². The molecule has 182 valence electrons. The summed E-state index contributed by atoms with van der Waals surface area (Å²) in [5.41, 5.74) is 11.4. The molecule has 6 heteroatoms. The minimum atomic E-state index is -1.64. The van der Waals surface area contributed by atoms with Crippen molar-refractivity contribution in [2.75, 3.05) is 7.11 Å². The highest BCUT2D eigenvalue weighted by molar-refractivity contribution is 5.60. The molecule has 4 rings (SSSR count). The predicted molar refractivity (Wildman–Crippen MR) is 137 cm³/mol. The standard InChI is InChI=1S/C30H30N4O2/c1-18-11-19(2)25(20(3)12-18)15-36-26-10-9-21(13-27(26)35-4)28-23-8-6-5-7-22(23)24(14-31)29(34)30(28,16-32)17-33/h7,9-13,23,28H,5-6,8,15,34H2,1-4H3/t23-,28-/m0/s1. The Balaban J connectivity index is 1.76. The third-order valence-electron chi connectivity index (χ3n) is 7.56. The Kier molecular flexibility index (Phi) is 6.78. The van der Waals surface area contributed by atoms with Gasteiger partial charge in [0.2, 0.25) is 0 Å². The van der Waals surface area contributed by atoms with Gasteiger partial charge in [-0.15, -0.1) is 0 Å². The number of fused-ring (bicyclic) bond motifs is 1. The van der Waals surface area contributed by atoms with E-state index in [-0.39, 0.29) is 17.2 Å². The summed E-state index contributed by atoms with van der Waals surface area (Å²) in [7, 11) is 1.57. The number of hydrogen-bond acceptors (Lipinski definition) is 6. The highest BCUT2D eigenvalue weighted by Crippen LogP contribution is 2.56. The number of rotatable bonds is 5. The molecule has 2 atom stereocenters. The number of allylic oxidation sites excluding steroid dienone is 4. The summed E-state index contributed by atoms with van der Waals surface area (Å²) in [5, 5.41) is 30.3. The van der Waals surface area contributed by atoms with E-state index in [0.29, 0.717) is 18.1 Å². The van der Waals surface area contributed by atoms with Crippen molar-refractivity contribution in [1.82, 2.24) is 0 Å². The Morgan fingerprint density at radius 1 is 1.03 bits per heavy atom. The van der Waals surface area contributed by atoms with E-state index >= 15 is 0 Å². The second-order valence-electron chi connectivity index (χ2n) is 9.68. The largest absolute Gasteiger partial charge is 0.493 e. The van der Waals surface area contributed by atoms with Gasteiger partial charge in [-0.3, -0.25) is 0 Å². The van der Waals surface area contributed by atoms with Crippen molar-refractivity contribution < 1.29 is 9.47 Å². The lowest BCUT2D eigenvalue weighted by Crippen LogP contribution is -2.42. The molecule has 0 aromatic heterocycles. The molecule has 2 aromatic carbocycles. The minimum Gasteiger partial charge on any atom is -0.493 e. The minimum absolute atomic E-state index is 0.0361. The van der Waals surface area contributed by atoms with Gasteiger partial charge in [0.15, 0.2) is 16.9 Å². The van der Waals surface area contributed by atoms with Crippen LogP contribution in [0.3, 0.4) is 0 Å². The molecule has 0 fully saturated rings. The first-order valence-electron chi connectivity index (χ1n) is 12.1. The van der Waals surface area contributed by atoms with Gasteiger partial charge >= 0.3 is 0 Å². The van der Waals surface area contributed by atoms with E-state index in [4.69, 9.17) is 15.2 Å². The van der Waals surface area contributed by atoms with Crippen LogP contribution in [0.25, 0.3) is 0 Å². The Labute approximate surface area is 212 Å². The number of nitriles is 3. The number of hydrogen-bond donors (Lipinski definition) is 1. The quantitative estimate of drug-likeness (QED) is 0.581. The first-order valence-corrected chi connectivity index (χ1v) is 12.1. The van der Waals surface area contributed by atoms with Crippen molar-refractivity contribution in [2.24, 2.45) is 17.1 Å². The molecule has 2 N–H and O–H groups in total. The second-order valence-corrected chi connectivity index (χ2v) is 9.68. The van der Waals surface area contributed by atoms with Crippen molar-refractivity contribution in [2.45, 2.75) is 52.6 Å². The molecule has 0 amide bonds. The number of methoxy groups -OCH3 is 1. The van der Waals surface area contributed by atoms with Crippen LogP contribution in [0, 0.1) is 66.1 Å². The smallest absolute Gasteiger partial charge is 0.191 e. The summed E-state index contributed by atoms with van der Waals surface area (Å²) in [6.07, 6.45) is 4.57. The van der Waals surface area contributed by atoms with Crippen LogP contribution in [0.5, 0.6) is 11.5 Å². The fourth-order valence-electron chi connectivity index (χ4n) is 5.83. The van der Waals surface area contributed by atoms with E-state index in [0.717, 1.165) is 36.0 Å². The van der Waals surface area contributed by atoms with Crippen molar-refractivity contribution in [3.63, 3.8) is 0 Å². The first kappa shape index (κ1) is 24.9. The molecule has 0 saturated heterocycles. The molecule has 0 radical (unpaired) electrons. The van der Waals surface area contributed by atoms with E-state index in [2.05, 4.69) is 51.1 Å². The first-order chi connectivity index (χ1) is 17.3.